The van der Waals surface area contributed by atoms with Crippen LogP contribution in [0, 0.1) is 6.92 Å². The Morgan fingerprint density at radius 3 is 2.48 bits per heavy atom. The summed E-state index contributed by atoms with van der Waals surface area (Å²) in [6.07, 6.45) is 1.91. The molecule has 3 rings (SSSR count). The Labute approximate surface area is 140 Å². The zero-order valence-electron chi connectivity index (χ0n) is 14.2. The zero-order valence-corrected chi connectivity index (χ0v) is 15.0. The van der Waals surface area contributed by atoms with Crippen molar-refractivity contribution in [1.82, 2.24) is 14.9 Å². The summed E-state index contributed by atoms with van der Waals surface area (Å²) in [5, 5.41) is 1.19. The molecule has 23 heavy (non-hydrogen) atoms. The average molecular weight is 333 g/mol. The molecule has 2 aromatic rings. The summed E-state index contributed by atoms with van der Waals surface area (Å²) in [6, 6.07) is 0. The third kappa shape index (κ3) is 2.85. The van der Waals surface area contributed by atoms with Crippen LogP contribution in [0.3, 0.4) is 0 Å². The van der Waals surface area contributed by atoms with Crippen LogP contribution in [0.25, 0.3) is 10.2 Å². The third-order valence-electron chi connectivity index (χ3n) is 4.34. The molecule has 1 saturated heterocycles. The van der Waals surface area contributed by atoms with Crippen molar-refractivity contribution in [3.05, 3.63) is 10.4 Å². The van der Waals surface area contributed by atoms with Gasteiger partial charge >= 0.3 is 0 Å². The van der Waals surface area contributed by atoms with Crippen LogP contribution in [-0.2, 0) is 11.2 Å². The minimum absolute atomic E-state index is 0.728. The number of hydrogen-bond acceptors (Lipinski definition) is 6. The van der Waals surface area contributed by atoms with E-state index in [1.54, 1.807) is 16.2 Å². The molecule has 7 heteroatoms. The standard InChI is InChI=1S/C16H23N5OS/c1-5-12-11(2)23-15-13(12)14(19(3)4)17-16(18-15)21-8-6-20(10-22)7-9-21/h10H,5-9H2,1-4H3. The Hall–Kier alpha value is -1.89. The number of aromatic nitrogens is 2. The molecule has 0 N–H and O–H groups in total. The molecule has 6 nitrogen and oxygen atoms in total. The van der Waals surface area contributed by atoms with Crippen molar-refractivity contribution in [3.63, 3.8) is 0 Å². The van der Waals surface area contributed by atoms with Crippen LogP contribution in [0.2, 0.25) is 0 Å². The summed E-state index contributed by atoms with van der Waals surface area (Å²) in [5.74, 6) is 1.76. The van der Waals surface area contributed by atoms with Crippen LogP contribution in [0.5, 0.6) is 0 Å². The summed E-state index contributed by atoms with van der Waals surface area (Å²) in [5.41, 5.74) is 1.35. The number of aryl methyl sites for hydroxylation is 2. The highest BCUT2D eigenvalue weighted by Gasteiger charge is 2.22. The Kier molecular flexibility index (Phi) is 4.39. The molecule has 2 aromatic heterocycles. The number of hydrogen-bond donors (Lipinski definition) is 0. The second kappa shape index (κ2) is 6.31. The number of nitrogens with zero attached hydrogens (tertiary/aromatic N) is 5. The molecule has 0 spiro atoms. The molecule has 0 unspecified atom stereocenters. The lowest BCUT2D eigenvalue weighted by atomic mass is 10.1. The van der Waals surface area contributed by atoms with Gasteiger partial charge < -0.3 is 14.7 Å². The van der Waals surface area contributed by atoms with Crippen molar-refractivity contribution >= 4 is 39.7 Å². The summed E-state index contributed by atoms with van der Waals surface area (Å²) in [7, 11) is 4.06. The van der Waals surface area contributed by atoms with Gasteiger partial charge in [0.05, 0.1) is 5.39 Å². The second-order valence-corrected chi connectivity index (χ2v) is 7.24. The van der Waals surface area contributed by atoms with E-state index >= 15 is 0 Å². The van der Waals surface area contributed by atoms with E-state index in [1.165, 1.54) is 15.8 Å². The molecule has 0 saturated carbocycles. The van der Waals surface area contributed by atoms with Gasteiger partial charge in [0.1, 0.15) is 10.6 Å². The van der Waals surface area contributed by atoms with Gasteiger partial charge in [0.2, 0.25) is 12.4 Å². The van der Waals surface area contributed by atoms with E-state index in [0.29, 0.717) is 0 Å². The molecular formula is C16H23N5OS. The SMILES string of the molecule is CCc1c(C)sc2nc(N3CCN(C=O)CC3)nc(N(C)C)c12. The van der Waals surface area contributed by atoms with Gasteiger partial charge in [-0.1, -0.05) is 6.92 Å². The fraction of sp³-hybridized carbons (Fsp3) is 0.562. The number of amides is 1. The first-order chi connectivity index (χ1) is 11.0. The van der Waals surface area contributed by atoms with Crippen molar-refractivity contribution in [2.24, 2.45) is 0 Å². The minimum Gasteiger partial charge on any atom is -0.362 e. The van der Waals surface area contributed by atoms with Crippen LogP contribution in [0.4, 0.5) is 11.8 Å². The first-order valence-corrected chi connectivity index (χ1v) is 8.78. The Morgan fingerprint density at radius 2 is 1.91 bits per heavy atom. The van der Waals surface area contributed by atoms with Gasteiger partial charge in [0, 0.05) is 45.2 Å². The molecule has 1 amide bonds. The van der Waals surface area contributed by atoms with Crippen LogP contribution in [0.1, 0.15) is 17.4 Å². The second-order valence-electron chi connectivity index (χ2n) is 6.04. The molecule has 0 atom stereocenters. The van der Waals surface area contributed by atoms with Crippen molar-refractivity contribution < 1.29 is 4.79 Å². The lowest BCUT2D eigenvalue weighted by Crippen LogP contribution is -2.46. The predicted molar refractivity (Wildman–Crippen MR) is 95.7 cm³/mol. The molecule has 1 aliphatic rings. The first-order valence-electron chi connectivity index (χ1n) is 7.96. The lowest BCUT2D eigenvalue weighted by Gasteiger charge is -2.32. The van der Waals surface area contributed by atoms with Gasteiger partial charge in [0.25, 0.3) is 0 Å². The number of carbonyl (C=O) groups excluding carboxylic acids is 1. The number of rotatable bonds is 4. The summed E-state index contributed by atoms with van der Waals surface area (Å²) < 4.78 is 0. The molecule has 0 bridgehead atoms. The van der Waals surface area contributed by atoms with Gasteiger partial charge in [-0.05, 0) is 18.9 Å². The topological polar surface area (TPSA) is 52.6 Å². The molecule has 0 aliphatic carbocycles. The summed E-state index contributed by atoms with van der Waals surface area (Å²) in [4.78, 5) is 28.9. The fourth-order valence-corrected chi connectivity index (χ4v) is 4.16. The van der Waals surface area contributed by atoms with Crippen LogP contribution in [0.15, 0.2) is 0 Å². The van der Waals surface area contributed by atoms with E-state index in [4.69, 9.17) is 9.97 Å². The maximum Gasteiger partial charge on any atom is 0.228 e. The summed E-state index contributed by atoms with van der Waals surface area (Å²) >= 11 is 1.75. The first kappa shape index (κ1) is 16.0. The number of anilines is 2. The predicted octanol–water partition coefficient (Wildman–Crippen LogP) is 1.91. The van der Waals surface area contributed by atoms with E-state index in [0.717, 1.165) is 55.6 Å². The molecule has 0 radical (unpaired) electrons. The molecule has 0 aromatic carbocycles. The monoisotopic (exact) mass is 333 g/mol. The van der Waals surface area contributed by atoms with E-state index < -0.39 is 0 Å². The molecule has 124 valence electrons. The minimum atomic E-state index is 0.728. The van der Waals surface area contributed by atoms with E-state index in [9.17, 15) is 4.79 Å². The average Bonchev–Trinajstić information content (AvgIpc) is 2.88. The molecular weight excluding hydrogens is 310 g/mol. The summed E-state index contributed by atoms with van der Waals surface area (Å²) in [6.45, 7) is 7.36. The van der Waals surface area contributed by atoms with E-state index in [2.05, 4.69) is 23.6 Å². The maximum absolute atomic E-state index is 10.9. The highest BCUT2D eigenvalue weighted by atomic mass is 32.1. The quantitative estimate of drug-likeness (QED) is 0.800. The van der Waals surface area contributed by atoms with Gasteiger partial charge in [-0.25, -0.2) is 4.98 Å². The van der Waals surface area contributed by atoms with Crippen molar-refractivity contribution in [3.8, 4) is 0 Å². The number of fused-ring (bicyclic) bond motifs is 1. The third-order valence-corrected chi connectivity index (χ3v) is 5.39. The Morgan fingerprint density at radius 1 is 1.22 bits per heavy atom. The highest BCUT2D eigenvalue weighted by Crippen LogP contribution is 2.36. The zero-order chi connectivity index (χ0) is 16.6. The van der Waals surface area contributed by atoms with Gasteiger partial charge in [-0.3, -0.25) is 4.79 Å². The maximum atomic E-state index is 10.9. The van der Waals surface area contributed by atoms with Crippen LogP contribution in [-0.4, -0.2) is 61.6 Å². The smallest absolute Gasteiger partial charge is 0.228 e. The van der Waals surface area contributed by atoms with Gasteiger partial charge in [-0.2, -0.15) is 4.98 Å². The van der Waals surface area contributed by atoms with Gasteiger partial charge in [-0.15, -0.1) is 11.3 Å². The van der Waals surface area contributed by atoms with Crippen LogP contribution >= 0.6 is 11.3 Å². The number of thiophene rings is 1. The fourth-order valence-electron chi connectivity index (χ4n) is 3.06. The Bertz CT molecular complexity index is 719. The molecule has 1 aliphatic heterocycles. The number of piperazine rings is 1. The Balaban J connectivity index is 2.04. The van der Waals surface area contributed by atoms with E-state index in [-0.39, 0.29) is 0 Å². The molecule has 3 heterocycles. The van der Waals surface area contributed by atoms with Gasteiger partial charge in [0.15, 0.2) is 0 Å². The van der Waals surface area contributed by atoms with Crippen molar-refractivity contribution in [2.45, 2.75) is 20.3 Å². The van der Waals surface area contributed by atoms with E-state index in [1.807, 2.05) is 14.1 Å². The lowest BCUT2D eigenvalue weighted by molar-refractivity contribution is -0.118. The number of carbonyl (C=O) groups is 1. The normalized spacial score (nSPS) is 15.3. The highest BCUT2D eigenvalue weighted by molar-refractivity contribution is 7.18. The molecule has 1 fully saturated rings. The largest absolute Gasteiger partial charge is 0.362 e. The van der Waals surface area contributed by atoms with Crippen molar-refractivity contribution in [2.75, 3.05) is 50.1 Å². The van der Waals surface area contributed by atoms with Crippen LogP contribution < -0.4 is 9.80 Å². The van der Waals surface area contributed by atoms with Crippen molar-refractivity contribution in [1.29, 1.82) is 0 Å².